The smallest absolute Gasteiger partial charge is 0.330 e. The summed E-state index contributed by atoms with van der Waals surface area (Å²) in [5, 5.41) is -0.369. The number of Topliss-reactive ketones (excluding diaryl/α,β-unsaturated/α-hetero) is 1. The van der Waals surface area contributed by atoms with Gasteiger partial charge in [0.2, 0.25) is 5.91 Å². The molecule has 3 rings (SSSR count). The number of ketones is 1. The van der Waals surface area contributed by atoms with Crippen LogP contribution >= 0.6 is 11.8 Å². The van der Waals surface area contributed by atoms with E-state index in [0.717, 1.165) is 12.8 Å². The highest BCUT2D eigenvalue weighted by atomic mass is 32.2. The molecule has 1 aromatic carbocycles. The molecule has 0 aliphatic carbocycles. The number of hydrogen-bond acceptors (Lipinski definition) is 6. The molecule has 7 heteroatoms. The fourth-order valence-electron chi connectivity index (χ4n) is 3.19. The van der Waals surface area contributed by atoms with Crippen LogP contribution in [0.5, 0.6) is 0 Å². The number of carbonyl (C=O) groups excluding carboxylic acids is 3. The van der Waals surface area contributed by atoms with Crippen LogP contribution < -0.4 is 0 Å². The van der Waals surface area contributed by atoms with E-state index < -0.39 is 12.0 Å². The second-order valence-electron chi connectivity index (χ2n) is 6.62. The van der Waals surface area contributed by atoms with Gasteiger partial charge in [0, 0.05) is 18.2 Å². The number of carbonyl (C=O) groups is 3. The number of esters is 1. The molecule has 2 heterocycles. The van der Waals surface area contributed by atoms with E-state index in [0.29, 0.717) is 17.1 Å². The van der Waals surface area contributed by atoms with Gasteiger partial charge in [-0.2, -0.15) is 0 Å². The maximum Gasteiger partial charge on any atom is 0.330 e. The molecule has 0 saturated carbocycles. The number of nitrogens with zero attached hydrogens (tertiary/aromatic N) is 1. The van der Waals surface area contributed by atoms with Crippen molar-refractivity contribution in [3.05, 3.63) is 59.5 Å². The second kappa shape index (κ2) is 9.10. The number of hydrogen-bond donors (Lipinski definition) is 0. The van der Waals surface area contributed by atoms with Gasteiger partial charge in [-0.05, 0) is 24.1 Å². The molecule has 2 atom stereocenters. The van der Waals surface area contributed by atoms with Crippen LogP contribution in [-0.2, 0) is 20.7 Å². The molecule has 1 aliphatic rings. The summed E-state index contributed by atoms with van der Waals surface area (Å²) >= 11 is 1.44. The zero-order valence-electron chi connectivity index (χ0n) is 15.9. The third-order valence-corrected chi connectivity index (χ3v) is 5.87. The van der Waals surface area contributed by atoms with Crippen LogP contribution in [0.15, 0.2) is 47.1 Å². The molecule has 0 N–H and O–H groups in total. The van der Waals surface area contributed by atoms with Crippen molar-refractivity contribution in [3.8, 4) is 0 Å². The van der Waals surface area contributed by atoms with Gasteiger partial charge in [-0.25, -0.2) is 4.79 Å². The van der Waals surface area contributed by atoms with Gasteiger partial charge in [-0.3, -0.25) is 9.59 Å². The van der Waals surface area contributed by atoms with Gasteiger partial charge in [-0.1, -0.05) is 37.6 Å². The lowest BCUT2D eigenvalue weighted by molar-refractivity contribution is -0.152. The highest BCUT2D eigenvalue weighted by Crippen LogP contribution is 2.41. The molecule has 1 aromatic heterocycles. The quantitative estimate of drug-likeness (QED) is 0.521. The summed E-state index contributed by atoms with van der Waals surface area (Å²) in [5.41, 5.74) is 1.67. The lowest BCUT2D eigenvalue weighted by Gasteiger charge is -2.25. The average Bonchev–Trinajstić information content (AvgIpc) is 3.36. The van der Waals surface area contributed by atoms with Crippen LogP contribution in [-0.4, -0.2) is 41.0 Å². The number of thioether (sulfide) groups is 1. The van der Waals surface area contributed by atoms with Gasteiger partial charge in [-0.15, -0.1) is 11.8 Å². The maximum absolute atomic E-state index is 12.5. The Hall–Kier alpha value is -2.54. The van der Waals surface area contributed by atoms with Crippen molar-refractivity contribution >= 4 is 29.4 Å². The van der Waals surface area contributed by atoms with E-state index in [-0.39, 0.29) is 23.7 Å². The van der Waals surface area contributed by atoms with Gasteiger partial charge in [0.05, 0.1) is 6.26 Å². The largest absolute Gasteiger partial charge is 0.466 e. The number of ether oxygens (including phenoxy) is 1. The van der Waals surface area contributed by atoms with E-state index in [2.05, 4.69) is 6.92 Å². The summed E-state index contributed by atoms with van der Waals surface area (Å²) in [7, 11) is 0. The number of benzene rings is 1. The first kappa shape index (κ1) is 20.2. The molecule has 0 unspecified atom stereocenters. The number of aryl methyl sites for hydroxylation is 1. The lowest BCUT2D eigenvalue weighted by Crippen LogP contribution is -2.43. The van der Waals surface area contributed by atoms with E-state index in [1.165, 1.54) is 35.4 Å². The lowest BCUT2D eigenvalue weighted by atomic mass is 10.1. The van der Waals surface area contributed by atoms with Crippen LogP contribution in [0.2, 0.25) is 0 Å². The Morgan fingerprint density at radius 2 is 1.96 bits per heavy atom. The van der Waals surface area contributed by atoms with Gasteiger partial charge in [0.25, 0.3) is 0 Å². The molecule has 2 aromatic rings. The Bertz CT molecular complexity index is 831. The Balaban J connectivity index is 1.60. The minimum atomic E-state index is -0.739. The average molecular weight is 401 g/mol. The number of rotatable bonds is 7. The Morgan fingerprint density at radius 3 is 2.57 bits per heavy atom. The highest BCUT2D eigenvalue weighted by Gasteiger charge is 2.43. The molecule has 1 aliphatic heterocycles. The molecular weight excluding hydrogens is 378 g/mol. The maximum atomic E-state index is 12.5. The van der Waals surface area contributed by atoms with E-state index in [1.807, 2.05) is 12.1 Å². The molecule has 0 bridgehead atoms. The van der Waals surface area contributed by atoms with E-state index in [1.54, 1.807) is 24.3 Å². The van der Waals surface area contributed by atoms with Crippen molar-refractivity contribution in [1.29, 1.82) is 0 Å². The topological polar surface area (TPSA) is 76.8 Å². The van der Waals surface area contributed by atoms with Crippen molar-refractivity contribution in [2.45, 2.75) is 38.1 Å². The van der Waals surface area contributed by atoms with Crippen LogP contribution in [0.1, 0.15) is 47.3 Å². The standard InChI is InChI=1S/C21H23NO5S/c1-3-5-15-7-9-16(10-8-15)18(24)12-27-21(25)17-13-28-20(22(17)14(2)23)19-6-4-11-26-19/h4,6-11,17,20H,3,5,12-13H2,1-2H3/t17-,20+/m0/s1. The summed E-state index contributed by atoms with van der Waals surface area (Å²) in [5.74, 6) is -0.0828. The van der Waals surface area contributed by atoms with Crippen LogP contribution in [0.25, 0.3) is 0 Å². The van der Waals surface area contributed by atoms with Crippen LogP contribution in [0.4, 0.5) is 0 Å². The molecule has 1 fully saturated rings. The first-order chi connectivity index (χ1) is 13.5. The van der Waals surface area contributed by atoms with Gasteiger partial charge in [0.1, 0.15) is 17.2 Å². The Morgan fingerprint density at radius 1 is 1.21 bits per heavy atom. The third kappa shape index (κ3) is 4.47. The second-order valence-corrected chi connectivity index (χ2v) is 7.73. The predicted octanol–water partition coefficient (Wildman–Crippen LogP) is 3.62. The number of amides is 1. The minimum absolute atomic E-state index is 0.244. The van der Waals surface area contributed by atoms with Gasteiger partial charge in [0.15, 0.2) is 12.4 Å². The Labute approximate surface area is 168 Å². The van der Waals surface area contributed by atoms with Crippen LogP contribution in [0, 0.1) is 0 Å². The summed E-state index contributed by atoms with van der Waals surface area (Å²) in [6.45, 7) is 3.16. The van der Waals surface area contributed by atoms with Gasteiger partial charge >= 0.3 is 5.97 Å². The van der Waals surface area contributed by atoms with Crippen molar-refractivity contribution in [2.75, 3.05) is 12.4 Å². The Kier molecular flexibility index (Phi) is 6.57. The zero-order valence-corrected chi connectivity index (χ0v) is 16.7. The molecule has 28 heavy (non-hydrogen) atoms. The highest BCUT2D eigenvalue weighted by molar-refractivity contribution is 7.99. The fourth-order valence-corrected chi connectivity index (χ4v) is 4.60. The van der Waals surface area contributed by atoms with Crippen molar-refractivity contribution < 1.29 is 23.5 Å². The molecule has 148 valence electrons. The summed E-state index contributed by atoms with van der Waals surface area (Å²) in [6, 6.07) is 10.1. The first-order valence-corrected chi connectivity index (χ1v) is 10.3. The monoisotopic (exact) mass is 401 g/mol. The summed E-state index contributed by atoms with van der Waals surface area (Å²) < 4.78 is 10.6. The van der Waals surface area contributed by atoms with Crippen LogP contribution in [0.3, 0.4) is 0 Å². The summed E-state index contributed by atoms with van der Waals surface area (Å²) in [6.07, 6.45) is 3.53. The van der Waals surface area contributed by atoms with E-state index >= 15 is 0 Å². The SMILES string of the molecule is CCCc1ccc(C(=O)COC(=O)[C@@H]2CS[C@H](c3ccco3)N2C(C)=O)cc1. The normalized spacial score (nSPS) is 18.9. The molecule has 0 spiro atoms. The van der Waals surface area contributed by atoms with Gasteiger partial charge < -0.3 is 14.1 Å². The summed E-state index contributed by atoms with van der Waals surface area (Å²) in [4.78, 5) is 38.4. The number of furan rings is 1. The molecule has 1 saturated heterocycles. The fraction of sp³-hybridized carbons (Fsp3) is 0.381. The molecule has 6 nitrogen and oxygen atoms in total. The first-order valence-electron chi connectivity index (χ1n) is 9.24. The minimum Gasteiger partial charge on any atom is -0.466 e. The van der Waals surface area contributed by atoms with Crippen molar-refractivity contribution in [1.82, 2.24) is 4.90 Å². The predicted molar refractivity (Wildman–Crippen MR) is 106 cm³/mol. The third-order valence-electron chi connectivity index (χ3n) is 4.58. The van der Waals surface area contributed by atoms with E-state index in [4.69, 9.17) is 9.15 Å². The molecule has 1 amide bonds. The van der Waals surface area contributed by atoms with Crippen molar-refractivity contribution in [2.24, 2.45) is 0 Å². The molecular formula is C21H23NO5S. The van der Waals surface area contributed by atoms with Crippen molar-refractivity contribution in [3.63, 3.8) is 0 Å². The van der Waals surface area contributed by atoms with E-state index in [9.17, 15) is 14.4 Å². The molecule has 0 radical (unpaired) electrons. The zero-order chi connectivity index (χ0) is 20.1.